The standard InChI is InChI=1S/C25H25F2N7O2S/c1-14(2)34-19-11-15(10-17(26)22(19)37-24(36)23(34)35)21-18(27)13-30-25(32-21)31-20-5-4-16(12-29-20)33-8-3-6-28-7-9-33/h4-5,10-14,28H,3,6-9H2,1-2H3,(H,29,30,31,32). The van der Waals surface area contributed by atoms with E-state index in [1.807, 2.05) is 6.07 Å². The molecule has 1 aliphatic heterocycles. The van der Waals surface area contributed by atoms with Crippen molar-refractivity contribution in [3.05, 3.63) is 68.2 Å². The van der Waals surface area contributed by atoms with E-state index in [0.717, 1.165) is 50.6 Å². The van der Waals surface area contributed by atoms with E-state index in [1.54, 1.807) is 26.1 Å². The Bertz CT molecular complexity index is 1560. The van der Waals surface area contributed by atoms with Crippen molar-refractivity contribution in [2.24, 2.45) is 0 Å². The molecule has 9 nitrogen and oxygen atoms in total. The molecule has 1 aliphatic rings. The van der Waals surface area contributed by atoms with Gasteiger partial charge in [-0.25, -0.2) is 23.7 Å². The minimum Gasteiger partial charge on any atom is -0.369 e. The van der Waals surface area contributed by atoms with E-state index in [1.165, 1.54) is 10.6 Å². The van der Waals surface area contributed by atoms with E-state index < -0.39 is 28.0 Å². The monoisotopic (exact) mass is 525 g/mol. The summed E-state index contributed by atoms with van der Waals surface area (Å²) < 4.78 is 30.3. The van der Waals surface area contributed by atoms with Gasteiger partial charge in [0.1, 0.15) is 17.3 Å². The lowest BCUT2D eigenvalue weighted by Gasteiger charge is -2.21. The molecule has 4 heterocycles. The quantitative estimate of drug-likeness (QED) is 0.381. The third-order valence-corrected chi connectivity index (χ3v) is 7.07. The number of nitrogens with zero attached hydrogens (tertiary/aromatic N) is 5. The Labute approximate surface area is 214 Å². The van der Waals surface area contributed by atoms with Crippen LogP contribution in [0.5, 0.6) is 0 Å². The Balaban J connectivity index is 1.48. The number of nitrogens with one attached hydrogen (secondary N) is 2. The molecule has 0 spiro atoms. The molecule has 0 aliphatic carbocycles. The van der Waals surface area contributed by atoms with Crippen molar-refractivity contribution in [2.45, 2.75) is 26.3 Å². The predicted octanol–water partition coefficient (Wildman–Crippen LogP) is 3.68. The van der Waals surface area contributed by atoms with Gasteiger partial charge in [-0.1, -0.05) is 11.3 Å². The van der Waals surface area contributed by atoms with Crippen LogP contribution < -0.4 is 25.8 Å². The van der Waals surface area contributed by atoms with Crippen molar-refractivity contribution >= 4 is 39.0 Å². The summed E-state index contributed by atoms with van der Waals surface area (Å²) in [4.78, 5) is 39.5. The third kappa shape index (κ3) is 5.07. The molecule has 1 saturated heterocycles. The summed E-state index contributed by atoms with van der Waals surface area (Å²) >= 11 is 0.534. The van der Waals surface area contributed by atoms with Gasteiger partial charge in [0.2, 0.25) is 5.95 Å². The third-order valence-electron chi connectivity index (χ3n) is 6.10. The molecule has 4 aromatic rings. The number of halogens is 2. The van der Waals surface area contributed by atoms with Gasteiger partial charge in [-0.3, -0.25) is 9.59 Å². The van der Waals surface area contributed by atoms with Crippen LogP contribution >= 0.6 is 11.3 Å². The van der Waals surface area contributed by atoms with Crippen molar-refractivity contribution in [1.82, 2.24) is 24.8 Å². The van der Waals surface area contributed by atoms with E-state index in [4.69, 9.17) is 0 Å². The van der Waals surface area contributed by atoms with Crippen molar-refractivity contribution < 1.29 is 8.78 Å². The Kier molecular flexibility index (Phi) is 6.94. The Morgan fingerprint density at radius 2 is 1.89 bits per heavy atom. The summed E-state index contributed by atoms with van der Waals surface area (Å²) in [6.45, 7) is 7.16. The van der Waals surface area contributed by atoms with Gasteiger partial charge in [0.15, 0.2) is 5.82 Å². The molecule has 5 rings (SSSR count). The van der Waals surface area contributed by atoms with Gasteiger partial charge in [-0.15, -0.1) is 0 Å². The highest BCUT2D eigenvalue weighted by Crippen LogP contribution is 2.30. The number of pyridine rings is 1. The largest absolute Gasteiger partial charge is 0.369 e. The highest BCUT2D eigenvalue weighted by atomic mass is 32.1. The molecule has 1 aromatic carbocycles. The number of hydrogen-bond donors (Lipinski definition) is 2. The maximum Gasteiger partial charge on any atom is 0.309 e. The minimum atomic E-state index is -0.765. The molecule has 192 valence electrons. The lowest BCUT2D eigenvalue weighted by molar-refractivity contribution is 0.596. The van der Waals surface area contributed by atoms with E-state index in [9.17, 15) is 14.0 Å². The van der Waals surface area contributed by atoms with Crippen LogP contribution in [0.25, 0.3) is 21.5 Å². The number of aromatic nitrogens is 4. The first kappa shape index (κ1) is 24.9. The maximum absolute atomic E-state index is 15.0. The molecular formula is C25H25F2N7O2S. The van der Waals surface area contributed by atoms with E-state index >= 15 is 4.39 Å². The van der Waals surface area contributed by atoms with Gasteiger partial charge in [-0.05, 0) is 51.1 Å². The Hall–Kier alpha value is -3.77. The lowest BCUT2D eigenvalue weighted by atomic mass is 10.1. The van der Waals surface area contributed by atoms with E-state index in [0.29, 0.717) is 17.2 Å². The van der Waals surface area contributed by atoms with Gasteiger partial charge in [0, 0.05) is 31.2 Å². The van der Waals surface area contributed by atoms with Crippen molar-refractivity contribution in [2.75, 3.05) is 36.4 Å². The predicted molar refractivity (Wildman–Crippen MR) is 141 cm³/mol. The number of anilines is 3. The molecule has 0 saturated carbocycles. The highest BCUT2D eigenvalue weighted by molar-refractivity contribution is 7.16. The first-order valence-electron chi connectivity index (χ1n) is 11.9. The van der Waals surface area contributed by atoms with Crippen LogP contribution in [0.15, 0.2) is 46.2 Å². The van der Waals surface area contributed by atoms with Crippen LogP contribution in [-0.4, -0.2) is 45.7 Å². The number of fused-ring (bicyclic) bond motifs is 1. The summed E-state index contributed by atoms with van der Waals surface area (Å²) in [6.07, 6.45) is 3.80. The first-order valence-corrected chi connectivity index (χ1v) is 12.7. The maximum atomic E-state index is 15.0. The van der Waals surface area contributed by atoms with Gasteiger partial charge >= 0.3 is 5.56 Å². The zero-order valence-electron chi connectivity index (χ0n) is 20.3. The fraction of sp³-hybridized carbons (Fsp3) is 0.320. The van der Waals surface area contributed by atoms with Crippen LogP contribution in [0.1, 0.15) is 26.3 Å². The smallest absolute Gasteiger partial charge is 0.309 e. The summed E-state index contributed by atoms with van der Waals surface area (Å²) in [5.74, 6) is -0.949. The molecule has 0 atom stereocenters. The van der Waals surface area contributed by atoms with Crippen molar-refractivity contribution in [3.63, 3.8) is 0 Å². The summed E-state index contributed by atoms with van der Waals surface area (Å²) in [7, 11) is 0. The molecule has 37 heavy (non-hydrogen) atoms. The minimum absolute atomic E-state index is 0.0272. The topological polar surface area (TPSA) is 105 Å². The lowest BCUT2D eigenvalue weighted by Crippen LogP contribution is -2.33. The van der Waals surface area contributed by atoms with Crippen LogP contribution in [0.3, 0.4) is 0 Å². The average molecular weight is 526 g/mol. The number of hydrogen-bond acceptors (Lipinski definition) is 9. The second-order valence-corrected chi connectivity index (χ2v) is 9.96. The van der Waals surface area contributed by atoms with Gasteiger partial charge < -0.3 is 20.1 Å². The van der Waals surface area contributed by atoms with Gasteiger partial charge in [0.05, 0.1) is 28.3 Å². The summed E-state index contributed by atoms with van der Waals surface area (Å²) in [5, 5.41) is 6.33. The average Bonchev–Trinajstić information content (AvgIpc) is 3.16. The highest BCUT2D eigenvalue weighted by Gasteiger charge is 2.18. The van der Waals surface area contributed by atoms with Crippen LogP contribution in [-0.2, 0) is 0 Å². The molecule has 3 aromatic heterocycles. The Morgan fingerprint density at radius 1 is 1.05 bits per heavy atom. The molecule has 0 bridgehead atoms. The first-order chi connectivity index (χ1) is 17.8. The fourth-order valence-corrected chi connectivity index (χ4v) is 5.14. The summed E-state index contributed by atoms with van der Waals surface area (Å²) in [5.41, 5.74) is 0.422. The van der Waals surface area contributed by atoms with Crippen LogP contribution in [0.4, 0.5) is 26.2 Å². The van der Waals surface area contributed by atoms with Crippen molar-refractivity contribution in [1.29, 1.82) is 0 Å². The zero-order valence-corrected chi connectivity index (χ0v) is 21.1. The molecule has 0 radical (unpaired) electrons. The van der Waals surface area contributed by atoms with Gasteiger partial charge in [-0.2, -0.15) is 0 Å². The SMILES string of the molecule is CC(C)n1c(=O)c(=O)sc2c(F)cc(-c3nc(Nc4ccc(N5CCCNCC5)cn4)ncc3F)cc21. The molecule has 1 fully saturated rings. The fourth-order valence-electron chi connectivity index (χ4n) is 4.35. The van der Waals surface area contributed by atoms with Crippen LogP contribution in [0.2, 0.25) is 0 Å². The van der Waals surface area contributed by atoms with Gasteiger partial charge in [0.25, 0.3) is 4.74 Å². The number of benzene rings is 1. The zero-order chi connectivity index (χ0) is 26.1. The molecular weight excluding hydrogens is 500 g/mol. The molecule has 2 N–H and O–H groups in total. The molecule has 0 amide bonds. The normalized spacial score (nSPS) is 14.2. The summed E-state index contributed by atoms with van der Waals surface area (Å²) in [6, 6.07) is 5.90. The van der Waals surface area contributed by atoms with Crippen molar-refractivity contribution in [3.8, 4) is 11.3 Å². The van der Waals surface area contributed by atoms with E-state index in [2.05, 4.69) is 30.5 Å². The molecule has 12 heteroatoms. The molecule has 0 unspecified atom stereocenters. The second kappa shape index (κ2) is 10.3. The second-order valence-electron chi connectivity index (χ2n) is 8.97. The Morgan fingerprint density at radius 3 is 2.65 bits per heavy atom. The van der Waals surface area contributed by atoms with Crippen LogP contribution in [0, 0.1) is 11.6 Å². The van der Waals surface area contributed by atoms with E-state index in [-0.39, 0.29) is 27.4 Å². The number of rotatable bonds is 5.